The molecule has 8 heteroatoms. The fraction of sp³-hybridized carbons (Fsp3) is 0.538. The molecule has 1 aliphatic heterocycles. The summed E-state index contributed by atoms with van der Waals surface area (Å²) in [5.41, 5.74) is 0.311. The lowest BCUT2D eigenvalue weighted by molar-refractivity contribution is -0.148. The summed E-state index contributed by atoms with van der Waals surface area (Å²) in [4.78, 5) is 1.73. The molecular weight excluding hydrogens is 331 g/mol. The van der Waals surface area contributed by atoms with Crippen LogP contribution in [0.3, 0.4) is 0 Å². The third kappa shape index (κ3) is 5.29. The molecule has 0 bridgehead atoms. The molecule has 0 spiro atoms. The van der Waals surface area contributed by atoms with Crippen molar-refractivity contribution in [2.75, 3.05) is 26.2 Å². The normalized spacial score (nSPS) is 18.1. The number of hydrogen-bond donors (Lipinski definition) is 1. The number of halogens is 6. The Bertz CT molecular complexity index is 462. The van der Waals surface area contributed by atoms with E-state index in [0.29, 0.717) is 31.7 Å². The highest BCUT2D eigenvalue weighted by Crippen LogP contribution is 2.34. The van der Waals surface area contributed by atoms with Crippen LogP contribution in [0.25, 0.3) is 0 Å². The van der Waals surface area contributed by atoms with Gasteiger partial charge in [0.1, 0.15) is 5.82 Å². The summed E-state index contributed by atoms with van der Waals surface area (Å²) in [6, 6.07) is 2.99. The number of nitrogens with one attached hydrogen (secondary N) is 1. The molecule has 1 saturated heterocycles. The molecule has 0 unspecified atom stereocenters. The second-order valence-corrected chi connectivity index (χ2v) is 5.20. The molecule has 21 heavy (non-hydrogen) atoms. The van der Waals surface area contributed by atoms with Crippen LogP contribution in [-0.2, 0) is 0 Å². The zero-order chi connectivity index (χ0) is 14.8. The molecule has 1 aromatic carbocycles. The first-order valence-corrected chi connectivity index (χ1v) is 6.71. The van der Waals surface area contributed by atoms with Crippen molar-refractivity contribution in [3.05, 3.63) is 34.6 Å². The van der Waals surface area contributed by atoms with Gasteiger partial charge >= 0.3 is 6.18 Å². The maximum atomic E-state index is 13.5. The first-order chi connectivity index (χ1) is 9.37. The lowest BCUT2D eigenvalue weighted by Crippen LogP contribution is -2.46. The van der Waals surface area contributed by atoms with Gasteiger partial charge in [0.05, 0.1) is 11.4 Å². The van der Waals surface area contributed by atoms with E-state index in [1.54, 1.807) is 4.90 Å². The Hall–Kier alpha value is -0.560. The molecule has 2 rings (SSSR count). The van der Waals surface area contributed by atoms with Gasteiger partial charge in [-0.25, -0.2) is 4.39 Å². The third-order valence-corrected chi connectivity index (χ3v) is 3.65. The fourth-order valence-corrected chi connectivity index (χ4v) is 2.51. The van der Waals surface area contributed by atoms with Crippen LogP contribution in [0.5, 0.6) is 0 Å². The van der Waals surface area contributed by atoms with Crippen molar-refractivity contribution < 1.29 is 17.6 Å². The molecular formula is C13H16Cl2F4N2. The van der Waals surface area contributed by atoms with Crippen molar-refractivity contribution >= 4 is 24.0 Å². The van der Waals surface area contributed by atoms with Crippen LogP contribution in [0.2, 0.25) is 5.02 Å². The first kappa shape index (κ1) is 18.5. The van der Waals surface area contributed by atoms with Gasteiger partial charge in [-0.3, -0.25) is 4.90 Å². The van der Waals surface area contributed by atoms with Gasteiger partial charge in [-0.15, -0.1) is 12.4 Å². The minimum absolute atomic E-state index is 0. The van der Waals surface area contributed by atoms with Gasteiger partial charge in [0, 0.05) is 32.2 Å². The van der Waals surface area contributed by atoms with Gasteiger partial charge in [-0.05, 0) is 17.7 Å². The van der Waals surface area contributed by atoms with Gasteiger partial charge in [-0.1, -0.05) is 17.7 Å². The molecule has 1 atom stereocenters. The molecule has 1 heterocycles. The molecule has 0 aromatic heterocycles. The van der Waals surface area contributed by atoms with Crippen LogP contribution < -0.4 is 5.32 Å². The molecule has 0 aliphatic carbocycles. The SMILES string of the molecule is Cl.Fc1cc([C@@H](CC(F)(F)F)N2CCNCC2)ccc1Cl. The van der Waals surface area contributed by atoms with E-state index in [0.717, 1.165) is 6.07 Å². The molecule has 2 nitrogen and oxygen atoms in total. The maximum Gasteiger partial charge on any atom is 0.390 e. The molecule has 1 aromatic rings. The van der Waals surface area contributed by atoms with E-state index in [1.165, 1.54) is 12.1 Å². The number of benzene rings is 1. The Morgan fingerprint density at radius 2 is 1.86 bits per heavy atom. The van der Waals surface area contributed by atoms with Gasteiger partial charge in [0.2, 0.25) is 0 Å². The van der Waals surface area contributed by atoms with E-state index in [4.69, 9.17) is 11.6 Å². The minimum Gasteiger partial charge on any atom is -0.314 e. The second-order valence-electron chi connectivity index (χ2n) is 4.79. The Morgan fingerprint density at radius 1 is 1.24 bits per heavy atom. The first-order valence-electron chi connectivity index (χ1n) is 6.33. The van der Waals surface area contributed by atoms with Gasteiger partial charge in [0.15, 0.2) is 0 Å². The van der Waals surface area contributed by atoms with E-state index in [-0.39, 0.29) is 17.4 Å². The lowest BCUT2D eigenvalue weighted by atomic mass is 10.0. The summed E-state index contributed by atoms with van der Waals surface area (Å²) in [7, 11) is 0. The van der Waals surface area contributed by atoms with Crippen molar-refractivity contribution in [2.45, 2.75) is 18.6 Å². The highest BCUT2D eigenvalue weighted by Gasteiger charge is 2.36. The summed E-state index contributed by atoms with van der Waals surface area (Å²) in [5.74, 6) is -0.688. The van der Waals surface area contributed by atoms with Crippen LogP contribution in [0.15, 0.2) is 18.2 Å². The van der Waals surface area contributed by atoms with E-state index in [9.17, 15) is 17.6 Å². The minimum atomic E-state index is -4.30. The molecule has 120 valence electrons. The molecule has 1 aliphatic rings. The summed E-state index contributed by atoms with van der Waals surface area (Å²) in [6.45, 7) is 2.27. The Kier molecular flexibility index (Phi) is 6.71. The number of hydrogen-bond acceptors (Lipinski definition) is 2. The van der Waals surface area contributed by atoms with E-state index in [2.05, 4.69) is 5.32 Å². The van der Waals surface area contributed by atoms with E-state index >= 15 is 0 Å². The highest BCUT2D eigenvalue weighted by atomic mass is 35.5. The largest absolute Gasteiger partial charge is 0.390 e. The number of rotatable bonds is 3. The van der Waals surface area contributed by atoms with Crippen LogP contribution in [0, 0.1) is 5.82 Å². The van der Waals surface area contributed by atoms with Crippen molar-refractivity contribution in [1.29, 1.82) is 0 Å². The summed E-state index contributed by atoms with van der Waals surface area (Å²) in [6.07, 6.45) is -5.29. The van der Waals surface area contributed by atoms with Crippen molar-refractivity contribution in [1.82, 2.24) is 10.2 Å². The smallest absolute Gasteiger partial charge is 0.314 e. The molecule has 1 fully saturated rings. The van der Waals surface area contributed by atoms with Crippen LogP contribution in [0.4, 0.5) is 17.6 Å². The molecule has 0 amide bonds. The van der Waals surface area contributed by atoms with Gasteiger partial charge in [0.25, 0.3) is 0 Å². The van der Waals surface area contributed by atoms with Gasteiger partial charge < -0.3 is 5.32 Å². The topological polar surface area (TPSA) is 15.3 Å². The second kappa shape index (κ2) is 7.63. The Balaban J connectivity index is 0.00000220. The lowest BCUT2D eigenvalue weighted by Gasteiger charge is -2.35. The quantitative estimate of drug-likeness (QED) is 0.837. The monoisotopic (exact) mass is 346 g/mol. The zero-order valence-corrected chi connectivity index (χ0v) is 12.7. The Labute approximate surface area is 131 Å². The molecule has 0 saturated carbocycles. The molecule has 0 radical (unpaired) electrons. The molecule has 1 N–H and O–H groups in total. The van der Waals surface area contributed by atoms with E-state index in [1.807, 2.05) is 0 Å². The van der Waals surface area contributed by atoms with Crippen molar-refractivity contribution in [3.63, 3.8) is 0 Å². The standard InChI is InChI=1S/C13H15ClF4N2.ClH/c14-10-2-1-9(7-11(10)15)12(8-13(16,17)18)20-5-3-19-4-6-20;/h1-2,7,12,19H,3-6,8H2;1H/t12-;/m1./s1. The fourth-order valence-electron chi connectivity index (χ4n) is 2.39. The third-order valence-electron chi connectivity index (χ3n) is 3.35. The summed E-state index contributed by atoms with van der Waals surface area (Å²) in [5, 5.41) is 3.00. The van der Waals surface area contributed by atoms with Gasteiger partial charge in [-0.2, -0.15) is 13.2 Å². The predicted molar refractivity (Wildman–Crippen MR) is 76.5 cm³/mol. The van der Waals surface area contributed by atoms with Crippen LogP contribution in [-0.4, -0.2) is 37.3 Å². The van der Waals surface area contributed by atoms with Crippen LogP contribution in [0.1, 0.15) is 18.0 Å². The van der Waals surface area contributed by atoms with Crippen LogP contribution >= 0.6 is 24.0 Å². The summed E-state index contributed by atoms with van der Waals surface area (Å²) >= 11 is 5.58. The van der Waals surface area contributed by atoms with Crippen molar-refractivity contribution in [2.24, 2.45) is 0 Å². The zero-order valence-electron chi connectivity index (χ0n) is 11.1. The average molecular weight is 347 g/mol. The average Bonchev–Trinajstić information content (AvgIpc) is 2.39. The Morgan fingerprint density at radius 3 is 2.38 bits per heavy atom. The van der Waals surface area contributed by atoms with E-state index < -0.39 is 24.5 Å². The number of alkyl halides is 3. The maximum absolute atomic E-state index is 13.5. The van der Waals surface area contributed by atoms with Crippen molar-refractivity contribution in [3.8, 4) is 0 Å². The number of nitrogens with zero attached hydrogens (tertiary/aromatic N) is 1. The predicted octanol–water partition coefficient (Wildman–Crippen LogP) is 3.80. The highest BCUT2D eigenvalue weighted by molar-refractivity contribution is 6.30. The number of piperazine rings is 1. The summed E-state index contributed by atoms with van der Waals surface area (Å²) < 4.78 is 51.8.